The second-order valence-corrected chi connectivity index (χ2v) is 8.74. The van der Waals surface area contributed by atoms with Crippen LogP contribution in [0.25, 0.3) is 11.4 Å². The largest absolute Gasteiger partial charge is 0.385 e. The van der Waals surface area contributed by atoms with Crippen LogP contribution in [0.5, 0.6) is 0 Å². The Kier molecular flexibility index (Phi) is 8.12. The minimum Gasteiger partial charge on any atom is -0.385 e. The zero-order valence-electron chi connectivity index (χ0n) is 18.2. The maximum Gasteiger partial charge on any atom is 0.234 e. The van der Waals surface area contributed by atoms with Crippen molar-refractivity contribution in [3.05, 3.63) is 58.1 Å². The van der Waals surface area contributed by atoms with Crippen molar-refractivity contribution >= 4 is 35.0 Å². The molecule has 2 aromatic carbocycles. The molecule has 1 amide bonds. The molecule has 1 heterocycles. The number of nitrogens with one attached hydrogen (secondary N) is 1. The van der Waals surface area contributed by atoms with Crippen molar-refractivity contribution in [2.75, 3.05) is 24.8 Å². The third-order valence-corrected chi connectivity index (χ3v) is 6.13. The average molecular weight is 459 g/mol. The lowest BCUT2D eigenvalue weighted by molar-refractivity contribution is -0.113. The number of anilines is 1. The molecular weight excluding hydrogens is 432 g/mol. The number of carbonyl (C=O) groups is 1. The Labute approximate surface area is 192 Å². The highest BCUT2D eigenvalue weighted by molar-refractivity contribution is 7.99. The van der Waals surface area contributed by atoms with E-state index in [0.717, 1.165) is 28.8 Å². The molecular formula is C23H27ClN4O2S. The molecule has 6 nitrogen and oxygen atoms in total. The summed E-state index contributed by atoms with van der Waals surface area (Å²) in [5, 5.41) is 13.0. The monoisotopic (exact) mass is 458 g/mol. The predicted molar refractivity (Wildman–Crippen MR) is 127 cm³/mol. The van der Waals surface area contributed by atoms with E-state index in [0.29, 0.717) is 29.2 Å². The molecule has 0 unspecified atom stereocenters. The first-order valence-corrected chi connectivity index (χ1v) is 11.4. The van der Waals surface area contributed by atoms with Crippen LogP contribution in [0.1, 0.15) is 23.1 Å². The van der Waals surface area contributed by atoms with Crippen molar-refractivity contribution in [3.8, 4) is 11.4 Å². The van der Waals surface area contributed by atoms with Gasteiger partial charge in [0.2, 0.25) is 5.91 Å². The normalized spacial score (nSPS) is 11.0. The first-order chi connectivity index (χ1) is 14.9. The molecule has 3 aromatic rings. The van der Waals surface area contributed by atoms with Gasteiger partial charge in [0.25, 0.3) is 0 Å². The van der Waals surface area contributed by atoms with E-state index in [1.54, 1.807) is 7.11 Å². The number of ether oxygens (including phenoxy) is 1. The molecule has 8 heteroatoms. The summed E-state index contributed by atoms with van der Waals surface area (Å²) < 4.78 is 7.19. The van der Waals surface area contributed by atoms with Gasteiger partial charge in [-0.3, -0.25) is 4.79 Å². The van der Waals surface area contributed by atoms with Crippen LogP contribution >= 0.6 is 23.4 Å². The molecule has 0 aliphatic heterocycles. The fourth-order valence-corrected chi connectivity index (χ4v) is 4.47. The lowest BCUT2D eigenvalue weighted by Gasteiger charge is -2.13. The molecule has 0 aliphatic carbocycles. The molecule has 1 aromatic heterocycles. The second-order valence-electron chi connectivity index (χ2n) is 7.39. The highest BCUT2D eigenvalue weighted by Gasteiger charge is 2.18. The summed E-state index contributed by atoms with van der Waals surface area (Å²) in [5.41, 5.74) is 4.98. The molecule has 0 bridgehead atoms. The van der Waals surface area contributed by atoms with Gasteiger partial charge in [0.15, 0.2) is 11.0 Å². The zero-order chi connectivity index (χ0) is 22.4. The van der Waals surface area contributed by atoms with Gasteiger partial charge in [0.05, 0.1) is 10.8 Å². The number of benzene rings is 2. The molecule has 0 radical (unpaired) electrons. The van der Waals surface area contributed by atoms with Crippen LogP contribution in [0.2, 0.25) is 5.02 Å². The highest BCUT2D eigenvalue weighted by Crippen LogP contribution is 2.30. The lowest BCUT2D eigenvalue weighted by atomic mass is 10.1. The molecule has 164 valence electrons. The number of rotatable bonds is 9. The quantitative estimate of drug-likeness (QED) is 0.348. The van der Waals surface area contributed by atoms with E-state index in [1.165, 1.54) is 17.3 Å². The zero-order valence-corrected chi connectivity index (χ0v) is 19.8. The molecule has 31 heavy (non-hydrogen) atoms. The number of halogens is 1. The van der Waals surface area contributed by atoms with Crippen LogP contribution in [0, 0.1) is 20.8 Å². The molecule has 0 fully saturated rings. The SMILES string of the molecule is COCCCn1c(SCC(=O)Nc2c(C)cc(C)cc2C)nnc1-c1ccccc1Cl. The van der Waals surface area contributed by atoms with Crippen molar-refractivity contribution in [1.29, 1.82) is 0 Å². The Morgan fingerprint density at radius 3 is 2.55 bits per heavy atom. The minimum absolute atomic E-state index is 0.0780. The summed E-state index contributed by atoms with van der Waals surface area (Å²) in [6, 6.07) is 11.7. The first-order valence-electron chi connectivity index (χ1n) is 10.1. The summed E-state index contributed by atoms with van der Waals surface area (Å²) >= 11 is 7.75. The minimum atomic E-state index is -0.0780. The van der Waals surface area contributed by atoms with Gasteiger partial charge >= 0.3 is 0 Å². The van der Waals surface area contributed by atoms with Gasteiger partial charge in [-0.25, -0.2) is 0 Å². The van der Waals surface area contributed by atoms with Gasteiger partial charge < -0.3 is 14.6 Å². The number of thioether (sulfide) groups is 1. The van der Waals surface area contributed by atoms with Crippen LogP contribution in [-0.4, -0.2) is 40.1 Å². The van der Waals surface area contributed by atoms with E-state index >= 15 is 0 Å². The van der Waals surface area contributed by atoms with Crippen molar-refractivity contribution < 1.29 is 9.53 Å². The molecule has 0 atom stereocenters. The Hall–Kier alpha value is -2.35. The van der Waals surface area contributed by atoms with Crippen LogP contribution in [0.15, 0.2) is 41.6 Å². The second kappa shape index (κ2) is 10.8. The van der Waals surface area contributed by atoms with Crippen molar-refractivity contribution in [2.24, 2.45) is 0 Å². The van der Waals surface area contributed by atoms with Crippen molar-refractivity contribution in [3.63, 3.8) is 0 Å². The van der Waals surface area contributed by atoms with Gasteiger partial charge in [-0.05, 0) is 50.5 Å². The Balaban J connectivity index is 1.76. The van der Waals surface area contributed by atoms with Crippen LogP contribution in [0.3, 0.4) is 0 Å². The fraction of sp³-hybridized carbons (Fsp3) is 0.348. The molecule has 3 rings (SSSR count). The summed E-state index contributed by atoms with van der Waals surface area (Å²) in [5.74, 6) is 0.846. The molecule has 0 aliphatic rings. The molecule has 0 saturated carbocycles. The summed E-state index contributed by atoms with van der Waals surface area (Å²) in [6.45, 7) is 7.35. The maximum absolute atomic E-state index is 12.6. The van der Waals surface area contributed by atoms with Crippen LogP contribution in [0.4, 0.5) is 5.69 Å². The Bertz CT molecular complexity index is 1040. The Morgan fingerprint density at radius 1 is 1.16 bits per heavy atom. The number of nitrogens with zero attached hydrogens (tertiary/aromatic N) is 3. The molecule has 1 N–H and O–H groups in total. The van der Waals surface area contributed by atoms with Gasteiger partial charge in [-0.2, -0.15) is 0 Å². The lowest BCUT2D eigenvalue weighted by Crippen LogP contribution is -2.16. The summed E-state index contributed by atoms with van der Waals surface area (Å²) in [4.78, 5) is 12.6. The maximum atomic E-state index is 12.6. The number of hydrogen-bond donors (Lipinski definition) is 1. The van der Waals surface area contributed by atoms with E-state index in [4.69, 9.17) is 16.3 Å². The number of hydrogen-bond acceptors (Lipinski definition) is 5. The highest BCUT2D eigenvalue weighted by atomic mass is 35.5. The van der Waals surface area contributed by atoms with Gasteiger partial charge in [-0.15, -0.1) is 10.2 Å². The van der Waals surface area contributed by atoms with Crippen molar-refractivity contribution in [2.45, 2.75) is 38.9 Å². The van der Waals surface area contributed by atoms with E-state index < -0.39 is 0 Å². The molecule has 0 saturated heterocycles. The summed E-state index contributed by atoms with van der Waals surface area (Å²) in [7, 11) is 1.68. The third kappa shape index (κ3) is 5.87. The van der Waals surface area contributed by atoms with Gasteiger partial charge in [-0.1, -0.05) is 53.2 Å². The van der Waals surface area contributed by atoms with Crippen LogP contribution < -0.4 is 5.32 Å². The number of aromatic nitrogens is 3. The number of amides is 1. The fourth-order valence-electron chi connectivity index (χ4n) is 3.49. The van der Waals surface area contributed by atoms with E-state index in [1.807, 2.05) is 42.7 Å². The number of aryl methyl sites for hydroxylation is 3. The number of carbonyl (C=O) groups excluding carboxylic acids is 1. The number of methoxy groups -OCH3 is 1. The van der Waals surface area contributed by atoms with Crippen LogP contribution in [-0.2, 0) is 16.1 Å². The average Bonchev–Trinajstić information content (AvgIpc) is 3.12. The standard InChI is InChI=1S/C23H27ClN4O2S/c1-15-12-16(2)21(17(3)13-15)25-20(29)14-31-23-27-26-22(28(23)10-7-11-30-4)18-8-5-6-9-19(18)24/h5-6,8-9,12-13H,7,10-11,14H2,1-4H3,(H,25,29). The van der Waals surface area contributed by atoms with E-state index in [-0.39, 0.29) is 11.7 Å². The molecule has 0 spiro atoms. The third-order valence-electron chi connectivity index (χ3n) is 4.84. The van der Waals surface area contributed by atoms with E-state index in [2.05, 4.69) is 34.6 Å². The smallest absolute Gasteiger partial charge is 0.234 e. The summed E-state index contributed by atoms with van der Waals surface area (Å²) in [6.07, 6.45) is 0.799. The van der Waals surface area contributed by atoms with Crippen molar-refractivity contribution in [1.82, 2.24) is 14.8 Å². The van der Waals surface area contributed by atoms with Gasteiger partial charge in [0, 0.05) is 31.5 Å². The predicted octanol–water partition coefficient (Wildman–Crippen LogP) is 5.29. The van der Waals surface area contributed by atoms with Gasteiger partial charge in [0.1, 0.15) is 0 Å². The van der Waals surface area contributed by atoms with E-state index in [9.17, 15) is 4.79 Å². The Morgan fingerprint density at radius 2 is 1.87 bits per heavy atom. The topological polar surface area (TPSA) is 69.0 Å². The first kappa shape index (κ1) is 23.3.